The molecule has 0 spiro atoms. The molecule has 1 fully saturated rings. The minimum atomic E-state index is -0.536. The Labute approximate surface area is 63.1 Å². The molecular formula is C6H8N2O3. The van der Waals surface area contributed by atoms with Gasteiger partial charge in [-0.15, -0.1) is 0 Å². The van der Waals surface area contributed by atoms with Gasteiger partial charge in [-0.25, -0.2) is 4.79 Å². The minimum Gasteiger partial charge on any atom is -0.516 e. The highest BCUT2D eigenvalue weighted by Gasteiger charge is 2.27. The summed E-state index contributed by atoms with van der Waals surface area (Å²) in [7, 11) is 0. The molecule has 0 bridgehead atoms. The highest BCUT2D eigenvalue weighted by atomic mass is 16.2. The molecule has 5 heteroatoms. The van der Waals surface area contributed by atoms with Crippen molar-refractivity contribution < 1.29 is 14.7 Å². The number of carbonyl (C=O) groups excluding carboxylic acids is 2. The molecule has 3 amide bonds. The maximum Gasteiger partial charge on any atom is 0.322 e. The number of imide groups is 1. The predicted molar refractivity (Wildman–Crippen MR) is 36.8 cm³/mol. The summed E-state index contributed by atoms with van der Waals surface area (Å²) in [5.41, 5.74) is 0. The van der Waals surface area contributed by atoms with Gasteiger partial charge in [0.1, 0.15) is 6.04 Å². The van der Waals surface area contributed by atoms with E-state index in [9.17, 15) is 9.59 Å². The molecule has 1 aliphatic heterocycles. The van der Waals surface area contributed by atoms with E-state index in [0.29, 0.717) is 6.42 Å². The van der Waals surface area contributed by atoms with Crippen LogP contribution in [0.5, 0.6) is 0 Å². The number of nitrogens with one attached hydrogen (secondary N) is 2. The smallest absolute Gasteiger partial charge is 0.322 e. The second-order valence-electron chi connectivity index (χ2n) is 2.14. The molecular weight excluding hydrogens is 148 g/mol. The lowest BCUT2D eigenvalue weighted by atomic mass is 10.2. The molecule has 1 unspecified atom stereocenters. The lowest BCUT2D eigenvalue weighted by Gasteiger charge is -1.99. The summed E-state index contributed by atoms with van der Waals surface area (Å²) in [5, 5.41) is 12.7. The number of hydrogen-bond donors (Lipinski definition) is 3. The number of carbonyl (C=O) groups is 2. The summed E-state index contributed by atoms with van der Waals surface area (Å²) < 4.78 is 0. The zero-order valence-corrected chi connectivity index (χ0v) is 5.70. The van der Waals surface area contributed by atoms with Crippen molar-refractivity contribution in [1.82, 2.24) is 10.6 Å². The topological polar surface area (TPSA) is 78.4 Å². The van der Waals surface area contributed by atoms with E-state index >= 15 is 0 Å². The Morgan fingerprint density at radius 3 is 2.73 bits per heavy atom. The van der Waals surface area contributed by atoms with Crippen LogP contribution in [0, 0.1) is 0 Å². The fourth-order valence-electron chi connectivity index (χ4n) is 0.822. The Morgan fingerprint density at radius 1 is 1.55 bits per heavy atom. The second-order valence-corrected chi connectivity index (χ2v) is 2.14. The van der Waals surface area contributed by atoms with Crippen LogP contribution in [0.1, 0.15) is 6.42 Å². The quantitative estimate of drug-likeness (QED) is 0.378. The van der Waals surface area contributed by atoms with Crippen molar-refractivity contribution in [2.45, 2.75) is 12.5 Å². The third-order valence-electron chi connectivity index (χ3n) is 1.34. The first-order chi connectivity index (χ1) is 5.24. The van der Waals surface area contributed by atoms with E-state index < -0.39 is 12.1 Å². The average Bonchev–Trinajstić information content (AvgIpc) is 2.26. The van der Waals surface area contributed by atoms with Crippen molar-refractivity contribution in [2.24, 2.45) is 0 Å². The standard InChI is InChI=1S/C6H8N2O3/c9-3-1-2-4-5(10)8-6(11)7-4/h1,3-4,9H,2H2,(H2,7,8,10,11). The van der Waals surface area contributed by atoms with E-state index in [1.54, 1.807) is 0 Å². The van der Waals surface area contributed by atoms with Crippen LogP contribution in [0.15, 0.2) is 12.3 Å². The van der Waals surface area contributed by atoms with E-state index in [4.69, 9.17) is 5.11 Å². The van der Waals surface area contributed by atoms with Gasteiger partial charge in [0.05, 0.1) is 6.26 Å². The van der Waals surface area contributed by atoms with E-state index in [1.807, 2.05) is 0 Å². The normalized spacial score (nSPS) is 23.8. The van der Waals surface area contributed by atoms with Gasteiger partial charge in [-0.1, -0.05) is 0 Å². The number of aliphatic hydroxyl groups excluding tert-OH is 1. The van der Waals surface area contributed by atoms with Gasteiger partial charge in [-0.2, -0.15) is 0 Å². The number of hydrogen-bond acceptors (Lipinski definition) is 3. The fourth-order valence-corrected chi connectivity index (χ4v) is 0.822. The molecule has 1 rings (SSSR count). The first kappa shape index (κ1) is 7.59. The molecule has 0 aliphatic carbocycles. The molecule has 0 aromatic heterocycles. The van der Waals surface area contributed by atoms with Crippen LogP contribution in [0.2, 0.25) is 0 Å². The summed E-state index contributed by atoms with van der Waals surface area (Å²) >= 11 is 0. The number of aliphatic hydroxyl groups is 1. The molecule has 0 radical (unpaired) electrons. The highest BCUT2D eigenvalue weighted by Crippen LogP contribution is 1.98. The van der Waals surface area contributed by atoms with Crippen molar-refractivity contribution in [1.29, 1.82) is 0 Å². The summed E-state index contributed by atoms with van der Waals surface area (Å²) in [6.07, 6.45) is 2.56. The Balaban J connectivity index is 2.47. The first-order valence-electron chi connectivity index (χ1n) is 3.14. The lowest BCUT2D eigenvalue weighted by molar-refractivity contribution is -0.120. The monoisotopic (exact) mass is 156 g/mol. The highest BCUT2D eigenvalue weighted by molar-refractivity contribution is 6.04. The molecule has 3 N–H and O–H groups in total. The van der Waals surface area contributed by atoms with Gasteiger partial charge in [0, 0.05) is 0 Å². The van der Waals surface area contributed by atoms with Gasteiger partial charge < -0.3 is 10.4 Å². The average molecular weight is 156 g/mol. The van der Waals surface area contributed by atoms with Crippen LogP contribution >= 0.6 is 0 Å². The molecule has 11 heavy (non-hydrogen) atoms. The van der Waals surface area contributed by atoms with Crippen molar-refractivity contribution in [3.63, 3.8) is 0 Å². The molecule has 1 atom stereocenters. The SMILES string of the molecule is O=C1NC(=O)C(CC=CO)N1. The number of amides is 3. The molecule has 1 aliphatic rings. The van der Waals surface area contributed by atoms with E-state index in [1.165, 1.54) is 6.08 Å². The second kappa shape index (κ2) is 3.05. The minimum absolute atomic E-state index is 0.314. The number of rotatable bonds is 2. The van der Waals surface area contributed by atoms with Crippen molar-refractivity contribution in [3.8, 4) is 0 Å². The molecule has 0 aromatic rings. The summed E-state index contributed by atoms with van der Waals surface area (Å²) in [5.74, 6) is -0.354. The van der Waals surface area contributed by atoms with Crippen molar-refractivity contribution >= 4 is 11.9 Å². The van der Waals surface area contributed by atoms with Crippen LogP contribution in [-0.2, 0) is 4.79 Å². The Kier molecular flexibility index (Phi) is 2.10. The summed E-state index contributed by atoms with van der Waals surface area (Å²) in [4.78, 5) is 21.3. The van der Waals surface area contributed by atoms with Crippen LogP contribution in [0.4, 0.5) is 4.79 Å². The fraction of sp³-hybridized carbons (Fsp3) is 0.333. The maximum absolute atomic E-state index is 10.8. The van der Waals surface area contributed by atoms with Gasteiger partial charge in [-0.3, -0.25) is 10.1 Å². The summed E-state index contributed by atoms with van der Waals surface area (Å²) in [6, 6.07) is -1.02. The van der Waals surface area contributed by atoms with Crippen molar-refractivity contribution in [2.75, 3.05) is 0 Å². The van der Waals surface area contributed by atoms with Crippen LogP contribution < -0.4 is 10.6 Å². The van der Waals surface area contributed by atoms with E-state index in [-0.39, 0.29) is 5.91 Å². The Hall–Kier alpha value is -1.52. The van der Waals surface area contributed by atoms with Gasteiger partial charge in [0.25, 0.3) is 5.91 Å². The van der Waals surface area contributed by atoms with Crippen LogP contribution in [-0.4, -0.2) is 23.1 Å². The van der Waals surface area contributed by atoms with Crippen LogP contribution in [0.3, 0.4) is 0 Å². The molecule has 1 saturated heterocycles. The Bertz CT molecular complexity index is 212. The lowest BCUT2D eigenvalue weighted by Crippen LogP contribution is -2.27. The largest absolute Gasteiger partial charge is 0.516 e. The van der Waals surface area contributed by atoms with E-state index in [0.717, 1.165) is 6.26 Å². The molecule has 1 heterocycles. The molecule has 0 saturated carbocycles. The first-order valence-corrected chi connectivity index (χ1v) is 3.14. The zero-order chi connectivity index (χ0) is 8.27. The van der Waals surface area contributed by atoms with Crippen LogP contribution in [0.25, 0.3) is 0 Å². The van der Waals surface area contributed by atoms with Gasteiger partial charge in [0.15, 0.2) is 0 Å². The summed E-state index contributed by atoms with van der Waals surface area (Å²) in [6.45, 7) is 0. The van der Waals surface area contributed by atoms with Gasteiger partial charge in [-0.05, 0) is 12.5 Å². The third kappa shape index (κ3) is 1.70. The molecule has 60 valence electrons. The zero-order valence-electron chi connectivity index (χ0n) is 5.70. The number of urea groups is 1. The predicted octanol–water partition coefficient (Wildman–Crippen LogP) is -0.344. The maximum atomic E-state index is 10.8. The van der Waals surface area contributed by atoms with Gasteiger partial charge >= 0.3 is 6.03 Å². The third-order valence-corrected chi connectivity index (χ3v) is 1.34. The van der Waals surface area contributed by atoms with Crippen molar-refractivity contribution in [3.05, 3.63) is 12.3 Å². The Morgan fingerprint density at radius 2 is 2.27 bits per heavy atom. The molecule has 5 nitrogen and oxygen atoms in total. The van der Waals surface area contributed by atoms with Gasteiger partial charge in [0.2, 0.25) is 0 Å². The molecule has 0 aromatic carbocycles. The van der Waals surface area contributed by atoms with E-state index in [2.05, 4.69) is 10.6 Å².